The minimum absolute atomic E-state index is 0.0299. The fourth-order valence-electron chi connectivity index (χ4n) is 1.63. The first-order valence-electron chi connectivity index (χ1n) is 5.62. The number of nitrogens with zero attached hydrogens (tertiary/aromatic N) is 2. The SMILES string of the molecule is CC(=Nc1cccc(F)c1)c1ccc([N+](=O)[O-])cc1. The summed E-state index contributed by atoms with van der Waals surface area (Å²) in [7, 11) is 0. The van der Waals surface area contributed by atoms with Gasteiger partial charge in [0, 0.05) is 17.8 Å². The molecule has 0 aromatic heterocycles. The molecule has 0 aliphatic carbocycles. The zero-order valence-corrected chi connectivity index (χ0v) is 10.2. The van der Waals surface area contributed by atoms with Gasteiger partial charge in [0.15, 0.2) is 0 Å². The number of rotatable bonds is 3. The van der Waals surface area contributed by atoms with E-state index >= 15 is 0 Å². The first-order chi connectivity index (χ1) is 9.06. The van der Waals surface area contributed by atoms with Crippen LogP contribution in [0, 0.1) is 15.9 Å². The van der Waals surface area contributed by atoms with Crippen LogP contribution in [0.5, 0.6) is 0 Å². The van der Waals surface area contributed by atoms with Gasteiger partial charge in [0.1, 0.15) is 5.82 Å². The molecule has 5 heteroatoms. The van der Waals surface area contributed by atoms with Crippen LogP contribution >= 0.6 is 0 Å². The van der Waals surface area contributed by atoms with Gasteiger partial charge in [-0.1, -0.05) is 6.07 Å². The van der Waals surface area contributed by atoms with Crippen molar-refractivity contribution in [2.45, 2.75) is 6.92 Å². The number of hydrogen-bond acceptors (Lipinski definition) is 3. The first-order valence-corrected chi connectivity index (χ1v) is 5.62. The smallest absolute Gasteiger partial charge is 0.258 e. The van der Waals surface area contributed by atoms with Crippen molar-refractivity contribution in [3.63, 3.8) is 0 Å². The van der Waals surface area contributed by atoms with Gasteiger partial charge >= 0.3 is 0 Å². The van der Waals surface area contributed by atoms with Crippen molar-refractivity contribution in [2.24, 2.45) is 4.99 Å². The predicted molar refractivity (Wildman–Crippen MR) is 71.4 cm³/mol. The largest absolute Gasteiger partial charge is 0.269 e. The molecule has 2 aromatic carbocycles. The van der Waals surface area contributed by atoms with E-state index < -0.39 is 4.92 Å². The maximum atomic E-state index is 13.0. The third-order valence-corrected chi connectivity index (χ3v) is 2.60. The summed E-state index contributed by atoms with van der Waals surface area (Å²) in [6, 6.07) is 12.0. The van der Waals surface area contributed by atoms with Crippen molar-refractivity contribution >= 4 is 17.1 Å². The summed E-state index contributed by atoms with van der Waals surface area (Å²) in [6.45, 7) is 1.77. The van der Waals surface area contributed by atoms with Crippen molar-refractivity contribution in [1.29, 1.82) is 0 Å². The highest BCUT2D eigenvalue weighted by Gasteiger charge is 2.05. The maximum absolute atomic E-state index is 13.0. The van der Waals surface area contributed by atoms with E-state index in [1.807, 2.05) is 0 Å². The quantitative estimate of drug-likeness (QED) is 0.476. The van der Waals surface area contributed by atoms with E-state index in [0.717, 1.165) is 5.56 Å². The highest BCUT2D eigenvalue weighted by molar-refractivity contribution is 6.00. The number of aliphatic imine (C=N–C) groups is 1. The van der Waals surface area contributed by atoms with Gasteiger partial charge in [-0.15, -0.1) is 0 Å². The monoisotopic (exact) mass is 258 g/mol. The third kappa shape index (κ3) is 3.22. The average Bonchev–Trinajstić information content (AvgIpc) is 2.39. The van der Waals surface area contributed by atoms with Crippen LogP contribution in [0.1, 0.15) is 12.5 Å². The Morgan fingerprint density at radius 1 is 1.21 bits per heavy atom. The first kappa shape index (κ1) is 12.9. The topological polar surface area (TPSA) is 55.5 Å². The Hall–Kier alpha value is -2.56. The Morgan fingerprint density at radius 2 is 1.89 bits per heavy atom. The second kappa shape index (κ2) is 5.39. The molecule has 0 unspecified atom stereocenters. The number of hydrogen-bond donors (Lipinski definition) is 0. The second-order valence-electron chi connectivity index (χ2n) is 3.98. The average molecular weight is 258 g/mol. The lowest BCUT2D eigenvalue weighted by atomic mass is 10.1. The van der Waals surface area contributed by atoms with Gasteiger partial charge in [-0.2, -0.15) is 0 Å². The molecule has 96 valence electrons. The summed E-state index contributed by atoms with van der Waals surface area (Å²) < 4.78 is 13.0. The molecule has 4 nitrogen and oxygen atoms in total. The van der Waals surface area contributed by atoms with Crippen molar-refractivity contribution < 1.29 is 9.31 Å². The molecule has 2 aromatic rings. The molecule has 0 saturated carbocycles. The second-order valence-corrected chi connectivity index (χ2v) is 3.98. The Morgan fingerprint density at radius 3 is 2.47 bits per heavy atom. The van der Waals surface area contributed by atoms with Crippen molar-refractivity contribution in [2.75, 3.05) is 0 Å². The van der Waals surface area contributed by atoms with Crippen LogP contribution in [0.3, 0.4) is 0 Å². The molecule has 0 fully saturated rings. The van der Waals surface area contributed by atoms with Crippen LogP contribution in [-0.2, 0) is 0 Å². The Bertz CT molecular complexity index is 636. The van der Waals surface area contributed by atoms with Gasteiger partial charge in [-0.05, 0) is 42.8 Å². The zero-order chi connectivity index (χ0) is 13.8. The van der Waals surface area contributed by atoms with Crippen LogP contribution in [0.25, 0.3) is 0 Å². The molecular weight excluding hydrogens is 247 g/mol. The Balaban J connectivity index is 2.28. The lowest BCUT2D eigenvalue weighted by Gasteiger charge is -2.01. The summed E-state index contributed by atoms with van der Waals surface area (Å²) in [4.78, 5) is 14.4. The summed E-state index contributed by atoms with van der Waals surface area (Å²) >= 11 is 0. The van der Waals surface area contributed by atoms with Crippen LogP contribution in [0.2, 0.25) is 0 Å². The number of nitro groups is 1. The van der Waals surface area contributed by atoms with E-state index in [9.17, 15) is 14.5 Å². The third-order valence-electron chi connectivity index (χ3n) is 2.60. The highest BCUT2D eigenvalue weighted by Crippen LogP contribution is 2.17. The van der Waals surface area contributed by atoms with Gasteiger partial charge in [-0.25, -0.2) is 4.39 Å². The van der Waals surface area contributed by atoms with Gasteiger partial charge in [0.05, 0.1) is 10.6 Å². The number of nitro benzene ring substituents is 1. The Kier molecular flexibility index (Phi) is 3.66. The minimum Gasteiger partial charge on any atom is -0.258 e. The fraction of sp³-hybridized carbons (Fsp3) is 0.0714. The van der Waals surface area contributed by atoms with E-state index in [-0.39, 0.29) is 11.5 Å². The van der Waals surface area contributed by atoms with Crippen LogP contribution in [0.4, 0.5) is 15.8 Å². The van der Waals surface area contributed by atoms with Crippen LogP contribution in [0.15, 0.2) is 53.5 Å². The van der Waals surface area contributed by atoms with E-state index in [1.54, 1.807) is 31.2 Å². The van der Waals surface area contributed by atoms with Gasteiger partial charge in [-0.3, -0.25) is 15.1 Å². The predicted octanol–water partition coefficient (Wildman–Crippen LogP) is 3.87. The standard InChI is InChI=1S/C14H11FN2O2/c1-10(16-13-4-2-3-12(15)9-13)11-5-7-14(8-6-11)17(18)19/h2-9H,1H3. The molecule has 0 aliphatic heterocycles. The van der Waals surface area contributed by atoms with Crippen molar-refractivity contribution in [1.82, 2.24) is 0 Å². The molecule has 0 heterocycles. The molecule has 0 N–H and O–H groups in total. The molecular formula is C14H11FN2O2. The normalized spacial score (nSPS) is 11.4. The molecule has 0 spiro atoms. The molecule has 0 saturated heterocycles. The lowest BCUT2D eigenvalue weighted by molar-refractivity contribution is -0.384. The summed E-state index contributed by atoms with van der Waals surface area (Å²) in [5, 5.41) is 10.5. The van der Waals surface area contributed by atoms with Gasteiger partial charge in [0.2, 0.25) is 0 Å². The van der Waals surface area contributed by atoms with Crippen LogP contribution < -0.4 is 0 Å². The molecule has 19 heavy (non-hydrogen) atoms. The van der Waals surface area contributed by atoms with Crippen molar-refractivity contribution in [3.8, 4) is 0 Å². The fourth-order valence-corrected chi connectivity index (χ4v) is 1.63. The molecule has 0 bridgehead atoms. The Labute approximate surface area is 109 Å². The van der Waals surface area contributed by atoms with E-state index in [0.29, 0.717) is 11.4 Å². The van der Waals surface area contributed by atoms with Crippen molar-refractivity contribution in [3.05, 3.63) is 70.0 Å². The zero-order valence-electron chi connectivity index (χ0n) is 10.2. The van der Waals surface area contributed by atoms with E-state index in [4.69, 9.17) is 0 Å². The molecule has 0 atom stereocenters. The van der Waals surface area contributed by atoms with Gasteiger partial charge in [0.25, 0.3) is 5.69 Å². The molecule has 0 aliphatic rings. The van der Waals surface area contributed by atoms with E-state index in [1.165, 1.54) is 24.3 Å². The van der Waals surface area contributed by atoms with Crippen LogP contribution in [-0.4, -0.2) is 10.6 Å². The summed E-state index contributed by atoms with van der Waals surface area (Å²) in [5.74, 6) is -0.349. The summed E-state index contributed by atoms with van der Waals surface area (Å²) in [5.41, 5.74) is 1.97. The molecule has 0 amide bonds. The molecule has 2 rings (SSSR count). The lowest BCUT2D eigenvalue weighted by Crippen LogP contribution is -1.95. The summed E-state index contributed by atoms with van der Waals surface area (Å²) in [6.07, 6.45) is 0. The molecule has 0 radical (unpaired) electrons. The minimum atomic E-state index is -0.456. The van der Waals surface area contributed by atoms with Gasteiger partial charge < -0.3 is 0 Å². The van der Waals surface area contributed by atoms with E-state index in [2.05, 4.69) is 4.99 Å². The number of non-ortho nitro benzene ring substituents is 1. The highest BCUT2D eigenvalue weighted by atomic mass is 19.1. The number of benzene rings is 2. The number of halogens is 1. The maximum Gasteiger partial charge on any atom is 0.269 e.